The fourth-order valence-electron chi connectivity index (χ4n) is 1.83. The van der Waals surface area contributed by atoms with Gasteiger partial charge in [-0.2, -0.15) is 0 Å². The van der Waals surface area contributed by atoms with Gasteiger partial charge in [-0.3, -0.25) is 4.79 Å². The molecule has 0 radical (unpaired) electrons. The molecule has 0 unspecified atom stereocenters. The molecule has 1 heterocycles. The average molecular weight is 305 g/mol. The number of amides is 1. The number of aromatic nitrogens is 4. The zero-order chi connectivity index (χ0) is 14.7. The van der Waals surface area contributed by atoms with Gasteiger partial charge in [0.2, 0.25) is 11.1 Å². The van der Waals surface area contributed by atoms with Crippen LogP contribution in [0.2, 0.25) is 0 Å². The fraction of sp³-hybridized carbons (Fsp3) is 0.385. The van der Waals surface area contributed by atoms with Gasteiger partial charge in [-0.25, -0.2) is 4.68 Å². The van der Waals surface area contributed by atoms with Crippen LogP contribution in [0.15, 0.2) is 29.4 Å². The molecular formula is C13H15N5O2S. The van der Waals surface area contributed by atoms with E-state index in [9.17, 15) is 4.79 Å². The Morgan fingerprint density at radius 2 is 2.19 bits per heavy atom. The number of benzene rings is 1. The van der Waals surface area contributed by atoms with E-state index in [1.54, 1.807) is 36.1 Å². The van der Waals surface area contributed by atoms with Crippen molar-refractivity contribution in [2.24, 2.45) is 0 Å². The van der Waals surface area contributed by atoms with Gasteiger partial charge in [-0.05, 0) is 47.5 Å². The summed E-state index contributed by atoms with van der Waals surface area (Å²) in [7, 11) is 1.61. The summed E-state index contributed by atoms with van der Waals surface area (Å²) in [4.78, 5) is 11.9. The molecule has 1 amide bonds. The van der Waals surface area contributed by atoms with Crippen LogP contribution in [0.3, 0.4) is 0 Å². The van der Waals surface area contributed by atoms with Crippen molar-refractivity contribution in [3.63, 3.8) is 0 Å². The maximum absolute atomic E-state index is 11.9. The lowest BCUT2D eigenvalue weighted by Gasteiger charge is -2.06. The number of carbonyl (C=O) groups is 1. The molecule has 110 valence electrons. The minimum absolute atomic E-state index is 0.0875. The van der Waals surface area contributed by atoms with E-state index in [-0.39, 0.29) is 11.7 Å². The van der Waals surface area contributed by atoms with Crippen LogP contribution in [0, 0.1) is 0 Å². The third-order valence-corrected chi connectivity index (χ3v) is 3.99. The lowest BCUT2D eigenvalue weighted by Crippen LogP contribution is -2.14. The molecule has 0 bridgehead atoms. The number of hydrogen-bond donors (Lipinski definition) is 1. The predicted octanol–water partition coefficient (Wildman–Crippen LogP) is 1.75. The SMILES string of the molecule is COc1ccc(NC(=O)CSc2nnnn2C2CC2)cc1. The molecule has 1 fully saturated rings. The minimum Gasteiger partial charge on any atom is -0.497 e. The largest absolute Gasteiger partial charge is 0.497 e. The van der Waals surface area contributed by atoms with E-state index in [0.717, 1.165) is 24.3 Å². The first kappa shape index (κ1) is 13.9. The van der Waals surface area contributed by atoms with Gasteiger partial charge in [0.25, 0.3) is 0 Å². The summed E-state index contributed by atoms with van der Waals surface area (Å²) >= 11 is 1.35. The maximum atomic E-state index is 11.9. The molecule has 0 aliphatic heterocycles. The monoisotopic (exact) mass is 305 g/mol. The molecular weight excluding hydrogens is 290 g/mol. The van der Waals surface area contributed by atoms with E-state index >= 15 is 0 Å². The zero-order valence-corrected chi connectivity index (χ0v) is 12.3. The number of rotatable bonds is 6. The number of thioether (sulfide) groups is 1. The van der Waals surface area contributed by atoms with E-state index in [2.05, 4.69) is 20.8 Å². The maximum Gasteiger partial charge on any atom is 0.234 e. The summed E-state index contributed by atoms with van der Waals surface area (Å²) < 4.78 is 6.87. The van der Waals surface area contributed by atoms with Crippen molar-refractivity contribution in [2.45, 2.75) is 24.0 Å². The smallest absolute Gasteiger partial charge is 0.234 e. The van der Waals surface area contributed by atoms with Crippen molar-refractivity contribution < 1.29 is 9.53 Å². The van der Waals surface area contributed by atoms with Crippen LogP contribution in [0.5, 0.6) is 5.75 Å². The number of carbonyl (C=O) groups excluding carboxylic acids is 1. The molecule has 1 aromatic heterocycles. The predicted molar refractivity (Wildman–Crippen MR) is 78.4 cm³/mol. The van der Waals surface area contributed by atoms with Gasteiger partial charge in [-0.1, -0.05) is 11.8 Å². The Morgan fingerprint density at radius 1 is 1.43 bits per heavy atom. The number of nitrogens with zero attached hydrogens (tertiary/aromatic N) is 4. The lowest BCUT2D eigenvalue weighted by atomic mass is 10.3. The van der Waals surface area contributed by atoms with Crippen molar-refractivity contribution in [1.82, 2.24) is 20.2 Å². The Morgan fingerprint density at radius 3 is 2.86 bits per heavy atom. The first-order chi connectivity index (χ1) is 10.3. The molecule has 0 saturated heterocycles. The Kier molecular flexibility index (Phi) is 4.05. The second kappa shape index (κ2) is 6.13. The molecule has 7 nitrogen and oxygen atoms in total. The number of hydrogen-bond acceptors (Lipinski definition) is 6. The molecule has 1 saturated carbocycles. The molecule has 1 aliphatic rings. The second-order valence-corrected chi connectivity index (χ2v) is 5.65. The molecule has 1 N–H and O–H groups in total. The van der Waals surface area contributed by atoms with E-state index in [1.165, 1.54) is 11.8 Å². The molecule has 1 aliphatic carbocycles. The quantitative estimate of drug-likeness (QED) is 0.819. The highest BCUT2D eigenvalue weighted by Crippen LogP contribution is 2.36. The Balaban J connectivity index is 1.52. The van der Waals surface area contributed by atoms with Gasteiger partial charge in [0.15, 0.2) is 0 Å². The highest BCUT2D eigenvalue weighted by Gasteiger charge is 2.28. The van der Waals surface area contributed by atoms with Gasteiger partial charge in [0.1, 0.15) is 5.75 Å². The van der Waals surface area contributed by atoms with Crippen LogP contribution in [0.1, 0.15) is 18.9 Å². The normalized spacial score (nSPS) is 14.0. The third-order valence-electron chi connectivity index (χ3n) is 3.06. The fourth-order valence-corrected chi connectivity index (χ4v) is 2.57. The second-order valence-electron chi connectivity index (χ2n) is 4.70. The molecule has 21 heavy (non-hydrogen) atoms. The summed E-state index contributed by atoms with van der Waals surface area (Å²) in [5.41, 5.74) is 0.739. The Labute approximate surface area is 126 Å². The highest BCUT2D eigenvalue weighted by atomic mass is 32.2. The molecule has 2 aromatic rings. The van der Waals surface area contributed by atoms with E-state index < -0.39 is 0 Å². The topological polar surface area (TPSA) is 81.9 Å². The van der Waals surface area contributed by atoms with Crippen molar-refractivity contribution in [1.29, 1.82) is 0 Å². The summed E-state index contributed by atoms with van der Waals surface area (Å²) in [6, 6.07) is 7.62. The molecule has 3 rings (SSSR count). The molecule has 0 spiro atoms. The van der Waals surface area contributed by atoms with E-state index in [1.807, 2.05) is 0 Å². The summed E-state index contributed by atoms with van der Waals surface area (Å²) in [6.07, 6.45) is 2.22. The minimum atomic E-state index is -0.0875. The number of ether oxygens (including phenoxy) is 1. The van der Waals surface area contributed by atoms with Crippen LogP contribution in [0.25, 0.3) is 0 Å². The first-order valence-corrected chi connectivity index (χ1v) is 7.59. The van der Waals surface area contributed by atoms with Crippen LogP contribution >= 0.6 is 11.8 Å². The number of methoxy groups -OCH3 is 1. The summed E-state index contributed by atoms with van der Waals surface area (Å²) in [6.45, 7) is 0. The number of anilines is 1. The van der Waals surface area contributed by atoms with Gasteiger partial charge in [0.05, 0.1) is 18.9 Å². The van der Waals surface area contributed by atoms with Crippen LogP contribution in [-0.4, -0.2) is 39.0 Å². The van der Waals surface area contributed by atoms with Gasteiger partial charge < -0.3 is 10.1 Å². The van der Waals surface area contributed by atoms with Gasteiger partial charge in [0, 0.05) is 5.69 Å². The van der Waals surface area contributed by atoms with Crippen molar-refractivity contribution in [3.05, 3.63) is 24.3 Å². The van der Waals surface area contributed by atoms with Crippen LogP contribution in [0.4, 0.5) is 5.69 Å². The lowest BCUT2D eigenvalue weighted by molar-refractivity contribution is -0.113. The van der Waals surface area contributed by atoms with Gasteiger partial charge in [-0.15, -0.1) is 5.10 Å². The number of nitrogens with one attached hydrogen (secondary N) is 1. The van der Waals surface area contributed by atoms with Crippen LogP contribution in [-0.2, 0) is 4.79 Å². The molecule has 0 atom stereocenters. The van der Waals surface area contributed by atoms with Crippen molar-refractivity contribution in [2.75, 3.05) is 18.2 Å². The van der Waals surface area contributed by atoms with E-state index in [4.69, 9.17) is 4.74 Å². The molecule has 1 aromatic carbocycles. The summed E-state index contributed by atoms with van der Waals surface area (Å²) in [5, 5.41) is 15.1. The van der Waals surface area contributed by atoms with Gasteiger partial charge >= 0.3 is 0 Å². The Bertz CT molecular complexity index is 624. The molecule has 8 heteroatoms. The third kappa shape index (κ3) is 3.52. The highest BCUT2D eigenvalue weighted by molar-refractivity contribution is 7.99. The van der Waals surface area contributed by atoms with Crippen molar-refractivity contribution >= 4 is 23.4 Å². The van der Waals surface area contributed by atoms with Crippen LogP contribution < -0.4 is 10.1 Å². The first-order valence-electron chi connectivity index (χ1n) is 6.61. The summed E-state index contributed by atoms with van der Waals surface area (Å²) in [5.74, 6) is 0.945. The zero-order valence-electron chi connectivity index (χ0n) is 11.5. The number of tetrazole rings is 1. The van der Waals surface area contributed by atoms with E-state index in [0.29, 0.717) is 11.2 Å². The Hall–Kier alpha value is -2.09. The average Bonchev–Trinajstić information content (AvgIpc) is 3.24. The standard InChI is InChI=1S/C13H15N5O2S/c1-20-11-6-2-9(3-7-11)14-12(19)8-21-13-15-16-17-18(13)10-4-5-10/h2-3,6-7,10H,4-5,8H2,1H3,(H,14,19). The van der Waals surface area contributed by atoms with Crippen molar-refractivity contribution in [3.8, 4) is 5.75 Å².